The average Bonchev–Trinajstić information content (AvgIpc) is 3.15. The molecular weight excluding hydrogens is 442 g/mol. The SMILES string of the molecule is C=C1CCC(N2Cc3c(OCc4ccc(CN5CC(C)OC(C)C5)cc4)cccc3C2=O)C(=O)N1. The summed E-state index contributed by atoms with van der Waals surface area (Å²) >= 11 is 0. The van der Waals surface area contributed by atoms with E-state index in [0.717, 1.165) is 30.8 Å². The second-order valence-corrected chi connectivity index (χ2v) is 9.92. The number of fused-ring (bicyclic) bond motifs is 1. The van der Waals surface area contributed by atoms with Crippen molar-refractivity contribution in [3.63, 3.8) is 0 Å². The summed E-state index contributed by atoms with van der Waals surface area (Å²) in [6.45, 7) is 11.7. The van der Waals surface area contributed by atoms with E-state index in [1.807, 2.05) is 18.2 Å². The molecule has 184 valence electrons. The fourth-order valence-corrected chi connectivity index (χ4v) is 5.35. The van der Waals surface area contributed by atoms with Gasteiger partial charge in [-0.3, -0.25) is 14.5 Å². The summed E-state index contributed by atoms with van der Waals surface area (Å²) in [6.07, 6.45) is 1.79. The van der Waals surface area contributed by atoms with E-state index in [1.165, 1.54) is 5.56 Å². The maximum absolute atomic E-state index is 13.0. The Morgan fingerprint density at radius 1 is 1.06 bits per heavy atom. The second-order valence-electron chi connectivity index (χ2n) is 9.92. The van der Waals surface area contributed by atoms with E-state index >= 15 is 0 Å². The Hall–Kier alpha value is -3.16. The van der Waals surface area contributed by atoms with Gasteiger partial charge in [-0.05, 0) is 49.9 Å². The number of nitrogens with one attached hydrogen (secondary N) is 1. The molecule has 3 aliphatic heterocycles. The lowest BCUT2D eigenvalue weighted by molar-refractivity contribution is -0.126. The highest BCUT2D eigenvalue weighted by Gasteiger charge is 2.39. The van der Waals surface area contributed by atoms with Gasteiger partial charge in [-0.25, -0.2) is 0 Å². The fraction of sp³-hybridized carbons (Fsp3) is 0.429. The quantitative estimate of drug-likeness (QED) is 0.691. The largest absolute Gasteiger partial charge is 0.489 e. The molecule has 0 aromatic heterocycles. The Kier molecular flexibility index (Phi) is 6.62. The summed E-state index contributed by atoms with van der Waals surface area (Å²) in [6, 6.07) is 13.6. The van der Waals surface area contributed by atoms with Crippen molar-refractivity contribution in [3.05, 3.63) is 77.0 Å². The van der Waals surface area contributed by atoms with E-state index in [-0.39, 0.29) is 24.0 Å². The number of amides is 2. The van der Waals surface area contributed by atoms with Crippen molar-refractivity contribution in [1.82, 2.24) is 15.1 Å². The van der Waals surface area contributed by atoms with Gasteiger partial charge in [0.2, 0.25) is 5.91 Å². The molecular formula is C28H33N3O4. The minimum Gasteiger partial charge on any atom is -0.489 e. The van der Waals surface area contributed by atoms with Crippen LogP contribution in [0.3, 0.4) is 0 Å². The highest BCUT2D eigenvalue weighted by Crippen LogP contribution is 2.34. The topological polar surface area (TPSA) is 71.1 Å². The zero-order valence-corrected chi connectivity index (χ0v) is 20.5. The summed E-state index contributed by atoms with van der Waals surface area (Å²) in [7, 11) is 0. The van der Waals surface area contributed by atoms with Crippen LogP contribution in [0.1, 0.15) is 53.7 Å². The predicted octanol–water partition coefficient (Wildman–Crippen LogP) is 3.62. The minimum absolute atomic E-state index is 0.116. The van der Waals surface area contributed by atoms with Gasteiger partial charge in [-0.15, -0.1) is 0 Å². The van der Waals surface area contributed by atoms with Crippen LogP contribution < -0.4 is 10.1 Å². The van der Waals surface area contributed by atoms with Crippen LogP contribution in [0.4, 0.5) is 0 Å². The first-order valence-electron chi connectivity index (χ1n) is 12.4. The maximum atomic E-state index is 13.0. The van der Waals surface area contributed by atoms with Crippen molar-refractivity contribution in [2.75, 3.05) is 13.1 Å². The van der Waals surface area contributed by atoms with Crippen LogP contribution in [0.2, 0.25) is 0 Å². The van der Waals surface area contributed by atoms with Crippen molar-refractivity contribution in [2.45, 2.75) is 64.6 Å². The van der Waals surface area contributed by atoms with Gasteiger partial charge in [0.1, 0.15) is 18.4 Å². The first kappa shape index (κ1) is 23.6. The summed E-state index contributed by atoms with van der Waals surface area (Å²) in [5.74, 6) is 0.416. The summed E-state index contributed by atoms with van der Waals surface area (Å²) < 4.78 is 12.0. The molecule has 0 radical (unpaired) electrons. The van der Waals surface area contributed by atoms with Crippen LogP contribution in [0.5, 0.6) is 5.75 Å². The smallest absolute Gasteiger partial charge is 0.255 e. The number of ether oxygens (including phenoxy) is 2. The van der Waals surface area contributed by atoms with Crippen molar-refractivity contribution in [2.24, 2.45) is 0 Å². The Morgan fingerprint density at radius 2 is 1.77 bits per heavy atom. The predicted molar refractivity (Wildman–Crippen MR) is 133 cm³/mol. The number of piperidine rings is 1. The molecule has 3 atom stereocenters. The third-order valence-electron chi connectivity index (χ3n) is 6.97. The number of carbonyl (C=O) groups excluding carboxylic acids is 2. The van der Waals surface area contributed by atoms with E-state index < -0.39 is 6.04 Å². The van der Waals surface area contributed by atoms with Crippen LogP contribution in [0.25, 0.3) is 0 Å². The summed E-state index contributed by atoms with van der Waals surface area (Å²) in [5.41, 5.74) is 4.51. The second kappa shape index (κ2) is 9.84. The van der Waals surface area contributed by atoms with Crippen molar-refractivity contribution >= 4 is 11.8 Å². The maximum Gasteiger partial charge on any atom is 0.255 e. The van der Waals surface area contributed by atoms with Crippen molar-refractivity contribution in [1.29, 1.82) is 0 Å². The van der Waals surface area contributed by atoms with E-state index in [9.17, 15) is 9.59 Å². The molecule has 3 heterocycles. The highest BCUT2D eigenvalue weighted by molar-refractivity contribution is 6.02. The molecule has 3 aliphatic rings. The van der Waals surface area contributed by atoms with E-state index in [1.54, 1.807) is 4.90 Å². The number of carbonyl (C=O) groups is 2. The molecule has 5 rings (SSSR count). The molecule has 7 nitrogen and oxygen atoms in total. The first-order valence-corrected chi connectivity index (χ1v) is 12.4. The molecule has 0 aliphatic carbocycles. The lowest BCUT2D eigenvalue weighted by atomic mass is 10.0. The number of nitrogens with zero attached hydrogens (tertiary/aromatic N) is 2. The Morgan fingerprint density at radius 3 is 2.49 bits per heavy atom. The van der Waals surface area contributed by atoms with E-state index in [0.29, 0.717) is 43.0 Å². The lowest BCUT2D eigenvalue weighted by Crippen LogP contribution is -2.49. The molecule has 2 aromatic carbocycles. The summed E-state index contributed by atoms with van der Waals surface area (Å²) in [4.78, 5) is 29.6. The summed E-state index contributed by atoms with van der Waals surface area (Å²) in [5, 5.41) is 2.78. The van der Waals surface area contributed by atoms with Gasteiger partial charge in [0.05, 0.1) is 18.8 Å². The van der Waals surface area contributed by atoms with Gasteiger partial charge in [0.25, 0.3) is 5.91 Å². The molecule has 1 N–H and O–H groups in total. The van der Waals surface area contributed by atoms with Crippen LogP contribution in [-0.4, -0.2) is 53.0 Å². The van der Waals surface area contributed by atoms with Crippen LogP contribution in [0, 0.1) is 0 Å². The van der Waals surface area contributed by atoms with Gasteiger partial charge < -0.3 is 19.7 Å². The number of rotatable bonds is 6. The molecule has 0 saturated carbocycles. The molecule has 35 heavy (non-hydrogen) atoms. The fourth-order valence-electron chi connectivity index (χ4n) is 5.35. The number of hydrogen-bond acceptors (Lipinski definition) is 5. The van der Waals surface area contributed by atoms with Gasteiger partial charge >= 0.3 is 0 Å². The Bertz CT molecular complexity index is 1120. The van der Waals surface area contributed by atoms with Gasteiger partial charge in [-0.2, -0.15) is 0 Å². The Balaban J connectivity index is 1.21. The van der Waals surface area contributed by atoms with Crippen LogP contribution in [-0.2, 0) is 29.2 Å². The Labute approximate surface area is 206 Å². The zero-order valence-electron chi connectivity index (χ0n) is 20.5. The monoisotopic (exact) mass is 475 g/mol. The minimum atomic E-state index is -0.474. The van der Waals surface area contributed by atoms with E-state index in [2.05, 4.69) is 54.9 Å². The standard InChI is InChI=1S/C28H33N3O4/c1-18-7-12-25(27(32)29-18)31-16-24-23(28(31)33)5-4-6-26(24)34-17-22-10-8-21(9-11-22)15-30-13-19(2)35-20(3)14-30/h4-6,8-11,19-20,25H,1,7,12-17H2,2-3H3,(H,29,32). The van der Waals surface area contributed by atoms with Crippen LogP contribution >= 0.6 is 0 Å². The molecule has 3 unspecified atom stereocenters. The number of hydrogen-bond donors (Lipinski definition) is 1. The lowest BCUT2D eigenvalue weighted by Gasteiger charge is -2.35. The van der Waals surface area contributed by atoms with Gasteiger partial charge in [0, 0.05) is 36.5 Å². The molecule has 2 aromatic rings. The molecule has 2 saturated heterocycles. The molecule has 7 heteroatoms. The number of benzene rings is 2. The third-order valence-corrected chi connectivity index (χ3v) is 6.97. The number of morpholine rings is 1. The van der Waals surface area contributed by atoms with Crippen LogP contribution in [0.15, 0.2) is 54.7 Å². The molecule has 0 spiro atoms. The molecule has 2 amide bonds. The highest BCUT2D eigenvalue weighted by atomic mass is 16.5. The van der Waals surface area contributed by atoms with Crippen molar-refractivity contribution in [3.8, 4) is 5.75 Å². The first-order chi connectivity index (χ1) is 16.9. The average molecular weight is 476 g/mol. The molecule has 0 bridgehead atoms. The van der Waals surface area contributed by atoms with Gasteiger partial charge in [0.15, 0.2) is 0 Å². The van der Waals surface area contributed by atoms with E-state index in [4.69, 9.17) is 9.47 Å². The number of allylic oxidation sites excluding steroid dienone is 1. The van der Waals surface area contributed by atoms with Gasteiger partial charge in [-0.1, -0.05) is 36.9 Å². The normalized spacial score (nSPS) is 24.9. The van der Waals surface area contributed by atoms with Crippen molar-refractivity contribution < 1.29 is 19.1 Å². The molecule has 2 fully saturated rings. The zero-order chi connectivity index (χ0) is 24.5. The third kappa shape index (κ3) is 5.11.